The normalized spacial score (nSPS) is 19.0. The van der Waals surface area contributed by atoms with Crippen molar-refractivity contribution in [1.29, 1.82) is 0 Å². The molecule has 0 amide bonds. The fourth-order valence-electron chi connectivity index (χ4n) is 4.09. The van der Waals surface area contributed by atoms with Crippen LogP contribution in [0.5, 0.6) is 5.75 Å². The van der Waals surface area contributed by atoms with Gasteiger partial charge in [-0.15, -0.1) is 0 Å². The summed E-state index contributed by atoms with van der Waals surface area (Å²) in [5, 5.41) is 13.3. The number of methoxy groups -OCH3 is 1. The number of carbonyl (C=O) groups is 1. The zero-order valence-corrected chi connectivity index (χ0v) is 17.9. The predicted octanol–water partition coefficient (Wildman–Crippen LogP) is 4.47. The SMILES string of the molecule is COc1cc2ncnc(Nc3cccc(Cl)c3F)c2cc1CN1CC[C@H](C)[C@H]1C(=O)O. The first kappa shape index (κ1) is 21.3. The van der Waals surface area contributed by atoms with Gasteiger partial charge in [-0.2, -0.15) is 0 Å². The fraction of sp³-hybridized carbons (Fsp3) is 0.318. The van der Waals surface area contributed by atoms with Crippen molar-refractivity contribution >= 4 is 40.0 Å². The number of ether oxygens (including phenoxy) is 1. The number of fused-ring (bicyclic) bond motifs is 1. The van der Waals surface area contributed by atoms with Crippen LogP contribution in [-0.4, -0.2) is 45.6 Å². The van der Waals surface area contributed by atoms with Gasteiger partial charge in [0.1, 0.15) is 23.9 Å². The Bertz CT molecular complexity index is 1140. The second-order valence-electron chi connectivity index (χ2n) is 7.65. The summed E-state index contributed by atoms with van der Waals surface area (Å²) in [5.41, 5.74) is 1.62. The highest BCUT2D eigenvalue weighted by Crippen LogP contribution is 2.34. The molecule has 2 N–H and O–H groups in total. The first-order chi connectivity index (χ1) is 14.9. The smallest absolute Gasteiger partial charge is 0.321 e. The maximum atomic E-state index is 14.4. The summed E-state index contributed by atoms with van der Waals surface area (Å²) < 4.78 is 19.9. The zero-order chi connectivity index (χ0) is 22.1. The number of halogens is 2. The molecule has 1 aliphatic rings. The third-order valence-corrected chi connectivity index (χ3v) is 5.96. The van der Waals surface area contributed by atoms with Crippen molar-refractivity contribution in [1.82, 2.24) is 14.9 Å². The minimum absolute atomic E-state index is 0.00795. The third kappa shape index (κ3) is 4.13. The van der Waals surface area contributed by atoms with Gasteiger partial charge in [0.2, 0.25) is 0 Å². The van der Waals surface area contributed by atoms with Gasteiger partial charge < -0.3 is 15.2 Å². The minimum Gasteiger partial charge on any atom is -0.496 e. The Hall–Kier alpha value is -2.97. The van der Waals surface area contributed by atoms with E-state index in [1.165, 1.54) is 12.4 Å². The number of rotatable bonds is 6. The van der Waals surface area contributed by atoms with E-state index in [1.54, 1.807) is 25.3 Å². The van der Waals surface area contributed by atoms with Gasteiger partial charge in [0.15, 0.2) is 5.82 Å². The van der Waals surface area contributed by atoms with Gasteiger partial charge >= 0.3 is 5.97 Å². The van der Waals surface area contributed by atoms with Crippen molar-refractivity contribution in [2.45, 2.75) is 25.9 Å². The summed E-state index contributed by atoms with van der Waals surface area (Å²) >= 11 is 5.89. The molecule has 0 radical (unpaired) electrons. The van der Waals surface area contributed by atoms with Crippen molar-refractivity contribution in [2.24, 2.45) is 5.92 Å². The maximum absolute atomic E-state index is 14.4. The van der Waals surface area contributed by atoms with Crippen molar-refractivity contribution in [2.75, 3.05) is 19.0 Å². The van der Waals surface area contributed by atoms with Gasteiger partial charge in [0.05, 0.1) is 23.3 Å². The van der Waals surface area contributed by atoms with Crippen LogP contribution in [0.1, 0.15) is 18.9 Å². The fourth-order valence-corrected chi connectivity index (χ4v) is 4.27. The number of carboxylic acid groups (broad SMARTS) is 1. The molecule has 31 heavy (non-hydrogen) atoms. The van der Waals surface area contributed by atoms with E-state index >= 15 is 0 Å². The van der Waals surface area contributed by atoms with Crippen LogP contribution in [0.25, 0.3) is 10.9 Å². The van der Waals surface area contributed by atoms with Gasteiger partial charge in [-0.05, 0) is 37.1 Å². The summed E-state index contributed by atoms with van der Waals surface area (Å²) in [6, 6.07) is 7.78. The van der Waals surface area contributed by atoms with Crippen molar-refractivity contribution in [3.63, 3.8) is 0 Å². The highest BCUT2D eigenvalue weighted by atomic mass is 35.5. The number of aromatic nitrogens is 2. The summed E-state index contributed by atoms with van der Waals surface area (Å²) in [4.78, 5) is 22.3. The van der Waals surface area contributed by atoms with Crippen LogP contribution in [-0.2, 0) is 11.3 Å². The van der Waals surface area contributed by atoms with Gasteiger partial charge in [-0.1, -0.05) is 24.6 Å². The van der Waals surface area contributed by atoms with E-state index in [0.717, 1.165) is 12.0 Å². The molecule has 1 saturated heterocycles. The molecule has 0 saturated carbocycles. The number of hydrogen-bond donors (Lipinski definition) is 2. The van der Waals surface area contributed by atoms with Gasteiger partial charge in [0.25, 0.3) is 0 Å². The third-order valence-electron chi connectivity index (χ3n) is 5.67. The Morgan fingerprint density at radius 1 is 1.39 bits per heavy atom. The molecule has 0 bridgehead atoms. The molecule has 162 valence electrons. The summed E-state index contributed by atoms with van der Waals surface area (Å²) in [7, 11) is 1.56. The topological polar surface area (TPSA) is 87.6 Å². The molecular formula is C22H22ClFN4O3. The second kappa shape index (κ2) is 8.64. The molecule has 1 fully saturated rings. The predicted molar refractivity (Wildman–Crippen MR) is 116 cm³/mol. The number of benzene rings is 2. The lowest BCUT2D eigenvalue weighted by atomic mass is 10.0. The molecule has 9 heteroatoms. The number of carboxylic acids is 1. The average Bonchev–Trinajstić information content (AvgIpc) is 3.11. The van der Waals surface area contributed by atoms with Crippen molar-refractivity contribution < 1.29 is 19.0 Å². The molecule has 7 nitrogen and oxygen atoms in total. The molecule has 4 rings (SSSR count). The number of nitrogens with one attached hydrogen (secondary N) is 1. The Balaban J connectivity index is 1.74. The number of aliphatic carboxylic acids is 1. The molecule has 1 aromatic heterocycles. The molecule has 3 aromatic rings. The van der Waals surface area contributed by atoms with Crippen molar-refractivity contribution in [3.8, 4) is 5.75 Å². The van der Waals surface area contributed by atoms with Gasteiger partial charge in [-0.3, -0.25) is 9.69 Å². The zero-order valence-electron chi connectivity index (χ0n) is 17.1. The Kier molecular flexibility index (Phi) is 5.93. The number of anilines is 2. The standard InChI is InChI=1S/C22H22ClFN4O3/c1-12-6-7-28(20(12)22(29)30)10-13-8-14-17(9-18(13)31-2)25-11-26-21(14)27-16-5-3-4-15(23)19(16)24/h3-5,8-9,11-12,20H,6-7,10H2,1-2H3,(H,29,30)(H,25,26,27)/t12-,20-/m0/s1. The summed E-state index contributed by atoms with van der Waals surface area (Å²) in [6.07, 6.45) is 2.20. The van der Waals surface area contributed by atoms with Crippen molar-refractivity contribution in [3.05, 3.63) is 53.1 Å². The number of nitrogens with zero attached hydrogens (tertiary/aromatic N) is 3. The van der Waals surface area contributed by atoms with Gasteiger partial charge in [-0.25, -0.2) is 14.4 Å². The van der Waals surface area contributed by atoms with Crippen LogP contribution in [0.4, 0.5) is 15.9 Å². The molecule has 2 heterocycles. The molecule has 2 atom stereocenters. The lowest BCUT2D eigenvalue weighted by Crippen LogP contribution is -2.38. The quantitative estimate of drug-likeness (QED) is 0.580. The average molecular weight is 445 g/mol. The monoisotopic (exact) mass is 444 g/mol. The van der Waals surface area contributed by atoms with Crippen LogP contribution in [0, 0.1) is 11.7 Å². The summed E-state index contributed by atoms with van der Waals surface area (Å²) in [6.45, 7) is 3.04. The van der Waals surface area contributed by atoms with Crippen LogP contribution in [0.3, 0.4) is 0 Å². The molecule has 0 unspecified atom stereocenters. The van der Waals surface area contributed by atoms with E-state index < -0.39 is 17.8 Å². The van der Waals surface area contributed by atoms with E-state index in [0.29, 0.717) is 35.6 Å². The van der Waals surface area contributed by atoms with E-state index in [1.807, 2.05) is 17.9 Å². The molecular weight excluding hydrogens is 423 g/mol. The largest absolute Gasteiger partial charge is 0.496 e. The summed E-state index contributed by atoms with van der Waals surface area (Å²) in [5.74, 6) is -0.309. The Morgan fingerprint density at radius 2 is 2.19 bits per heavy atom. The molecule has 1 aliphatic heterocycles. The Morgan fingerprint density at radius 3 is 2.94 bits per heavy atom. The second-order valence-corrected chi connectivity index (χ2v) is 8.06. The maximum Gasteiger partial charge on any atom is 0.321 e. The van der Waals surface area contributed by atoms with E-state index in [9.17, 15) is 14.3 Å². The highest BCUT2D eigenvalue weighted by molar-refractivity contribution is 6.31. The lowest BCUT2D eigenvalue weighted by Gasteiger charge is -2.24. The Labute approximate surface area is 183 Å². The molecule has 2 aromatic carbocycles. The van der Waals surface area contributed by atoms with Crippen LogP contribution < -0.4 is 10.1 Å². The lowest BCUT2D eigenvalue weighted by molar-refractivity contribution is -0.143. The molecule has 0 aliphatic carbocycles. The first-order valence-electron chi connectivity index (χ1n) is 9.88. The van der Waals surface area contributed by atoms with E-state index in [4.69, 9.17) is 16.3 Å². The highest BCUT2D eigenvalue weighted by Gasteiger charge is 2.36. The molecule has 0 spiro atoms. The van der Waals surface area contributed by atoms with E-state index in [-0.39, 0.29) is 16.6 Å². The first-order valence-corrected chi connectivity index (χ1v) is 10.3. The number of likely N-dealkylation sites (tertiary alicyclic amines) is 1. The van der Waals surface area contributed by atoms with Crippen LogP contribution in [0.15, 0.2) is 36.7 Å². The van der Waals surface area contributed by atoms with Crippen LogP contribution in [0.2, 0.25) is 5.02 Å². The van der Waals surface area contributed by atoms with Gasteiger partial charge in [0, 0.05) is 23.6 Å². The van der Waals surface area contributed by atoms with E-state index in [2.05, 4.69) is 15.3 Å². The minimum atomic E-state index is -0.827. The number of hydrogen-bond acceptors (Lipinski definition) is 6. The van der Waals surface area contributed by atoms with Crippen LogP contribution >= 0.6 is 11.6 Å².